The first kappa shape index (κ1) is 11.1. The van der Waals surface area contributed by atoms with Crippen molar-refractivity contribution in [1.29, 1.82) is 0 Å². The highest BCUT2D eigenvalue weighted by Gasteiger charge is 2.20. The monoisotopic (exact) mass is 264 g/mol. The second kappa shape index (κ2) is 4.04. The summed E-state index contributed by atoms with van der Waals surface area (Å²) in [6, 6.07) is 0.897. The zero-order valence-electron chi connectivity index (χ0n) is 7.53. The first-order valence-corrected chi connectivity index (χ1v) is 4.50. The Balaban J connectivity index is 3.44. The van der Waals surface area contributed by atoms with E-state index in [1.54, 1.807) is 0 Å². The number of esters is 1. The summed E-state index contributed by atoms with van der Waals surface area (Å²) < 4.78 is 30.8. The van der Waals surface area contributed by atoms with Crippen molar-refractivity contribution in [2.45, 2.75) is 6.92 Å². The fraction of sp³-hybridized carbons (Fsp3) is 0.222. The van der Waals surface area contributed by atoms with Gasteiger partial charge in [0, 0.05) is 5.56 Å². The summed E-state index contributed by atoms with van der Waals surface area (Å²) in [4.78, 5) is 11.1. The van der Waals surface area contributed by atoms with Crippen LogP contribution in [-0.2, 0) is 4.74 Å². The third-order valence-corrected chi connectivity index (χ3v) is 2.37. The molecule has 0 aliphatic heterocycles. The predicted molar refractivity (Wildman–Crippen MR) is 50.1 cm³/mol. The van der Waals surface area contributed by atoms with Crippen molar-refractivity contribution in [3.63, 3.8) is 0 Å². The zero-order chi connectivity index (χ0) is 10.9. The minimum atomic E-state index is -0.883. The van der Waals surface area contributed by atoms with Gasteiger partial charge in [0.05, 0.1) is 11.6 Å². The SMILES string of the molecule is COC(=O)c1c(F)cc(Br)c(F)c1C. The molecule has 14 heavy (non-hydrogen) atoms. The smallest absolute Gasteiger partial charge is 0.341 e. The third-order valence-electron chi connectivity index (χ3n) is 1.80. The van der Waals surface area contributed by atoms with Gasteiger partial charge in [-0.1, -0.05) is 0 Å². The Kier molecular flexibility index (Phi) is 3.21. The number of methoxy groups -OCH3 is 1. The molecule has 0 radical (unpaired) electrons. The normalized spacial score (nSPS) is 10.1. The molecule has 1 aromatic carbocycles. The van der Waals surface area contributed by atoms with Gasteiger partial charge in [-0.2, -0.15) is 0 Å². The standard InChI is InChI=1S/C9H7BrF2O2/c1-4-7(9(13)14-2)6(11)3-5(10)8(4)12/h3H,1-2H3. The van der Waals surface area contributed by atoms with Crippen molar-refractivity contribution >= 4 is 21.9 Å². The maximum atomic E-state index is 13.2. The Morgan fingerprint density at radius 2 is 2.07 bits per heavy atom. The van der Waals surface area contributed by atoms with Crippen LogP contribution in [-0.4, -0.2) is 13.1 Å². The summed E-state index contributed by atoms with van der Waals surface area (Å²) in [5, 5.41) is 0. The fourth-order valence-corrected chi connectivity index (χ4v) is 1.57. The van der Waals surface area contributed by atoms with E-state index in [1.165, 1.54) is 6.92 Å². The van der Waals surface area contributed by atoms with E-state index >= 15 is 0 Å². The van der Waals surface area contributed by atoms with E-state index in [0.29, 0.717) is 0 Å². The van der Waals surface area contributed by atoms with E-state index in [9.17, 15) is 13.6 Å². The highest BCUT2D eigenvalue weighted by atomic mass is 79.9. The van der Waals surface area contributed by atoms with Gasteiger partial charge in [0.15, 0.2) is 0 Å². The van der Waals surface area contributed by atoms with E-state index < -0.39 is 17.6 Å². The molecule has 0 saturated heterocycles. The number of halogens is 3. The van der Waals surface area contributed by atoms with Crippen molar-refractivity contribution in [3.8, 4) is 0 Å². The summed E-state index contributed by atoms with van der Waals surface area (Å²) in [7, 11) is 1.11. The molecule has 76 valence electrons. The molecule has 5 heteroatoms. The summed E-state index contributed by atoms with van der Waals surface area (Å²) in [5.74, 6) is -2.35. The van der Waals surface area contributed by atoms with Gasteiger partial charge in [-0.15, -0.1) is 0 Å². The molecular weight excluding hydrogens is 258 g/mol. The van der Waals surface area contributed by atoms with Crippen LogP contribution in [0.1, 0.15) is 15.9 Å². The van der Waals surface area contributed by atoms with Crippen LogP contribution in [0, 0.1) is 18.6 Å². The Morgan fingerprint density at radius 1 is 1.50 bits per heavy atom. The molecule has 0 heterocycles. The summed E-state index contributed by atoms with van der Waals surface area (Å²) in [5.41, 5.74) is -0.433. The molecule has 0 spiro atoms. The van der Waals surface area contributed by atoms with Gasteiger partial charge in [0.1, 0.15) is 17.2 Å². The third kappa shape index (κ3) is 1.77. The van der Waals surface area contributed by atoms with Crippen molar-refractivity contribution in [2.24, 2.45) is 0 Å². The molecule has 0 aromatic heterocycles. The fourth-order valence-electron chi connectivity index (χ4n) is 1.07. The number of benzene rings is 1. The van der Waals surface area contributed by atoms with Crippen LogP contribution >= 0.6 is 15.9 Å². The summed E-state index contributed by atoms with van der Waals surface area (Å²) >= 11 is 2.83. The Labute approximate surface area is 88.0 Å². The lowest BCUT2D eigenvalue weighted by molar-refractivity contribution is 0.0594. The second-order valence-corrected chi connectivity index (χ2v) is 3.50. The topological polar surface area (TPSA) is 26.3 Å². The molecule has 0 bridgehead atoms. The number of ether oxygens (including phenoxy) is 1. The van der Waals surface area contributed by atoms with Crippen molar-refractivity contribution in [3.05, 3.63) is 33.3 Å². The summed E-state index contributed by atoms with van der Waals surface area (Å²) in [6.07, 6.45) is 0. The van der Waals surface area contributed by atoms with Gasteiger partial charge in [0.25, 0.3) is 0 Å². The van der Waals surface area contributed by atoms with E-state index in [2.05, 4.69) is 20.7 Å². The van der Waals surface area contributed by atoms with Crippen LogP contribution in [0.2, 0.25) is 0 Å². The van der Waals surface area contributed by atoms with Crippen LogP contribution in [0.3, 0.4) is 0 Å². The number of carbonyl (C=O) groups excluding carboxylic acids is 1. The largest absolute Gasteiger partial charge is 0.465 e. The molecule has 0 aliphatic carbocycles. The average Bonchev–Trinajstić information content (AvgIpc) is 2.14. The number of hydrogen-bond donors (Lipinski definition) is 0. The van der Waals surface area contributed by atoms with Crippen LogP contribution in [0.25, 0.3) is 0 Å². The first-order chi connectivity index (χ1) is 6.49. The van der Waals surface area contributed by atoms with Crippen LogP contribution in [0.15, 0.2) is 10.5 Å². The van der Waals surface area contributed by atoms with Crippen molar-refractivity contribution in [2.75, 3.05) is 7.11 Å². The van der Waals surface area contributed by atoms with Gasteiger partial charge < -0.3 is 4.74 Å². The van der Waals surface area contributed by atoms with Gasteiger partial charge in [-0.3, -0.25) is 0 Å². The molecule has 0 fully saturated rings. The molecule has 1 rings (SSSR count). The Bertz CT molecular complexity index is 391. The minimum absolute atomic E-state index is 0.0137. The van der Waals surface area contributed by atoms with Crippen molar-refractivity contribution in [1.82, 2.24) is 0 Å². The molecule has 0 saturated carbocycles. The molecule has 0 atom stereocenters. The average molecular weight is 265 g/mol. The second-order valence-electron chi connectivity index (χ2n) is 2.65. The van der Waals surface area contributed by atoms with E-state index in [0.717, 1.165) is 13.2 Å². The number of rotatable bonds is 1. The van der Waals surface area contributed by atoms with E-state index in [1.807, 2.05) is 0 Å². The van der Waals surface area contributed by atoms with E-state index in [-0.39, 0.29) is 15.6 Å². The van der Waals surface area contributed by atoms with Gasteiger partial charge in [0.2, 0.25) is 0 Å². The van der Waals surface area contributed by atoms with Gasteiger partial charge in [-0.05, 0) is 28.9 Å². The van der Waals surface area contributed by atoms with E-state index in [4.69, 9.17) is 0 Å². The number of hydrogen-bond acceptors (Lipinski definition) is 2. The van der Waals surface area contributed by atoms with Crippen LogP contribution < -0.4 is 0 Å². The quantitative estimate of drug-likeness (QED) is 0.576. The molecule has 0 unspecified atom stereocenters. The lowest BCUT2D eigenvalue weighted by atomic mass is 10.1. The lowest BCUT2D eigenvalue weighted by Gasteiger charge is -2.07. The highest BCUT2D eigenvalue weighted by Crippen LogP contribution is 2.25. The highest BCUT2D eigenvalue weighted by molar-refractivity contribution is 9.10. The molecular formula is C9H7BrF2O2. The van der Waals surface area contributed by atoms with Gasteiger partial charge in [-0.25, -0.2) is 13.6 Å². The predicted octanol–water partition coefficient (Wildman–Crippen LogP) is 2.82. The summed E-state index contributed by atoms with van der Waals surface area (Å²) in [6.45, 7) is 1.31. The molecule has 0 aliphatic rings. The molecule has 0 N–H and O–H groups in total. The Hall–Kier alpha value is -0.970. The van der Waals surface area contributed by atoms with Gasteiger partial charge >= 0.3 is 5.97 Å². The molecule has 2 nitrogen and oxygen atoms in total. The molecule has 1 aromatic rings. The van der Waals surface area contributed by atoms with Crippen LogP contribution in [0.4, 0.5) is 8.78 Å². The zero-order valence-corrected chi connectivity index (χ0v) is 9.11. The van der Waals surface area contributed by atoms with Crippen LogP contribution in [0.5, 0.6) is 0 Å². The lowest BCUT2D eigenvalue weighted by Crippen LogP contribution is -2.09. The maximum absolute atomic E-state index is 13.2. The minimum Gasteiger partial charge on any atom is -0.465 e. The number of carbonyl (C=O) groups is 1. The maximum Gasteiger partial charge on any atom is 0.341 e. The Morgan fingerprint density at radius 3 is 2.57 bits per heavy atom. The molecule has 0 amide bonds. The first-order valence-electron chi connectivity index (χ1n) is 3.71. The van der Waals surface area contributed by atoms with Crippen molar-refractivity contribution < 1.29 is 18.3 Å².